The molecule has 0 fully saturated rings. The summed E-state index contributed by atoms with van der Waals surface area (Å²) in [5.41, 5.74) is 1.91. The summed E-state index contributed by atoms with van der Waals surface area (Å²) >= 11 is 11.6. The average Bonchev–Trinajstić information content (AvgIpc) is 2.32. The molecule has 0 N–H and O–H groups in total. The van der Waals surface area contributed by atoms with Gasteiger partial charge in [0.25, 0.3) is 0 Å². The largest absolute Gasteiger partial charge is 0.370 e. The zero-order valence-corrected chi connectivity index (χ0v) is 10.6. The number of ether oxygens (including phenoxy) is 1. The predicted octanol–water partition coefficient (Wildman–Crippen LogP) is 4.11. The first-order chi connectivity index (χ1) is 8.24. The normalized spacial score (nSPS) is 10.5. The van der Waals surface area contributed by atoms with Crippen LogP contribution in [0.3, 0.4) is 0 Å². The molecule has 0 spiro atoms. The SMILES string of the molecule is Clc1ccc(COCc2cc(Cl)ccn2)cc1. The Morgan fingerprint density at radius 1 is 0.941 bits per heavy atom. The van der Waals surface area contributed by atoms with E-state index in [1.807, 2.05) is 24.3 Å². The molecule has 2 rings (SSSR count). The van der Waals surface area contributed by atoms with E-state index >= 15 is 0 Å². The Labute approximate surface area is 110 Å². The highest BCUT2D eigenvalue weighted by molar-refractivity contribution is 6.30. The van der Waals surface area contributed by atoms with Gasteiger partial charge in [-0.15, -0.1) is 0 Å². The smallest absolute Gasteiger partial charge is 0.0892 e. The lowest BCUT2D eigenvalue weighted by Gasteiger charge is -2.04. The third-order valence-electron chi connectivity index (χ3n) is 2.21. The number of hydrogen-bond donors (Lipinski definition) is 0. The molecule has 17 heavy (non-hydrogen) atoms. The zero-order chi connectivity index (χ0) is 12.1. The Hall–Kier alpha value is -1.09. The van der Waals surface area contributed by atoms with E-state index in [4.69, 9.17) is 27.9 Å². The molecule has 4 heteroatoms. The number of pyridine rings is 1. The number of halogens is 2. The average molecular weight is 268 g/mol. The topological polar surface area (TPSA) is 22.1 Å². The molecule has 0 atom stereocenters. The molecule has 0 aliphatic rings. The summed E-state index contributed by atoms with van der Waals surface area (Å²) in [6.45, 7) is 0.981. The highest BCUT2D eigenvalue weighted by Gasteiger charge is 1.97. The van der Waals surface area contributed by atoms with Gasteiger partial charge in [-0.25, -0.2) is 0 Å². The van der Waals surface area contributed by atoms with Gasteiger partial charge >= 0.3 is 0 Å². The van der Waals surface area contributed by atoms with Crippen LogP contribution in [0.2, 0.25) is 10.0 Å². The summed E-state index contributed by atoms with van der Waals surface area (Å²) in [7, 11) is 0. The van der Waals surface area contributed by atoms with E-state index in [1.54, 1.807) is 18.3 Å². The van der Waals surface area contributed by atoms with E-state index in [-0.39, 0.29) is 0 Å². The van der Waals surface area contributed by atoms with Crippen LogP contribution >= 0.6 is 23.2 Å². The summed E-state index contributed by atoms with van der Waals surface area (Å²) in [5, 5.41) is 1.40. The van der Waals surface area contributed by atoms with Crippen LogP contribution in [0.25, 0.3) is 0 Å². The standard InChI is InChI=1S/C13H11Cl2NO/c14-11-3-1-10(2-4-11)8-17-9-13-7-12(15)5-6-16-13/h1-7H,8-9H2. The van der Waals surface area contributed by atoms with Crippen LogP contribution in [0, 0.1) is 0 Å². The number of benzene rings is 1. The molecule has 88 valence electrons. The van der Waals surface area contributed by atoms with Crippen molar-refractivity contribution in [3.63, 3.8) is 0 Å². The number of nitrogens with zero attached hydrogens (tertiary/aromatic N) is 1. The monoisotopic (exact) mass is 267 g/mol. The zero-order valence-electron chi connectivity index (χ0n) is 9.07. The molecule has 0 aliphatic carbocycles. The molecule has 1 heterocycles. The molecule has 0 unspecified atom stereocenters. The van der Waals surface area contributed by atoms with Crippen molar-refractivity contribution in [2.45, 2.75) is 13.2 Å². The minimum atomic E-state index is 0.448. The highest BCUT2D eigenvalue weighted by Crippen LogP contribution is 2.12. The van der Waals surface area contributed by atoms with Crippen molar-refractivity contribution in [2.75, 3.05) is 0 Å². The van der Waals surface area contributed by atoms with E-state index in [1.165, 1.54) is 0 Å². The highest BCUT2D eigenvalue weighted by atomic mass is 35.5. The predicted molar refractivity (Wildman–Crippen MR) is 69.2 cm³/mol. The Bertz CT molecular complexity index is 485. The van der Waals surface area contributed by atoms with Gasteiger partial charge in [0.2, 0.25) is 0 Å². The van der Waals surface area contributed by atoms with Crippen molar-refractivity contribution >= 4 is 23.2 Å². The fraction of sp³-hybridized carbons (Fsp3) is 0.154. The van der Waals surface area contributed by atoms with Crippen LogP contribution in [-0.2, 0) is 18.0 Å². The molecule has 0 aliphatic heterocycles. The third kappa shape index (κ3) is 4.00. The third-order valence-corrected chi connectivity index (χ3v) is 2.70. The maximum atomic E-state index is 5.85. The Morgan fingerprint density at radius 3 is 2.41 bits per heavy atom. The molecule has 0 saturated heterocycles. The Morgan fingerprint density at radius 2 is 1.71 bits per heavy atom. The van der Waals surface area contributed by atoms with Gasteiger partial charge in [0, 0.05) is 16.2 Å². The van der Waals surface area contributed by atoms with Crippen LogP contribution < -0.4 is 0 Å². The minimum Gasteiger partial charge on any atom is -0.370 e. The van der Waals surface area contributed by atoms with Gasteiger partial charge in [0.05, 0.1) is 18.9 Å². The van der Waals surface area contributed by atoms with Gasteiger partial charge in [-0.3, -0.25) is 4.98 Å². The molecule has 2 nitrogen and oxygen atoms in total. The summed E-state index contributed by atoms with van der Waals surface area (Å²) in [6.07, 6.45) is 1.67. The lowest BCUT2D eigenvalue weighted by molar-refractivity contribution is 0.104. The Kier molecular flexibility index (Phi) is 4.37. The maximum Gasteiger partial charge on any atom is 0.0892 e. The van der Waals surface area contributed by atoms with Crippen LogP contribution in [0.15, 0.2) is 42.6 Å². The van der Waals surface area contributed by atoms with Crippen molar-refractivity contribution in [3.05, 3.63) is 63.9 Å². The summed E-state index contributed by atoms with van der Waals surface area (Å²) < 4.78 is 5.54. The van der Waals surface area contributed by atoms with Gasteiger partial charge in [-0.2, -0.15) is 0 Å². The number of hydrogen-bond acceptors (Lipinski definition) is 2. The molecule has 2 aromatic rings. The lowest BCUT2D eigenvalue weighted by atomic mass is 10.2. The van der Waals surface area contributed by atoms with Crippen molar-refractivity contribution in [1.82, 2.24) is 4.98 Å². The first-order valence-corrected chi connectivity index (χ1v) is 5.92. The van der Waals surface area contributed by atoms with Crippen LogP contribution in [0.5, 0.6) is 0 Å². The fourth-order valence-corrected chi connectivity index (χ4v) is 1.69. The quantitative estimate of drug-likeness (QED) is 0.832. The molecule has 1 aromatic carbocycles. The maximum absolute atomic E-state index is 5.85. The summed E-state index contributed by atoms with van der Waals surface area (Å²) in [5.74, 6) is 0. The molecule has 0 amide bonds. The summed E-state index contributed by atoms with van der Waals surface area (Å²) in [6, 6.07) is 11.1. The second kappa shape index (κ2) is 6.01. The van der Waals surface area contributed by atoms with E-state index in [9.17, 15) is 0 Å². The van der Waals surface area contributed by atoms with Gasteiger partial charge in [0.1, 0.15) is 0 Å². The van der Waals surface area contributed by atoms with Crippen LogP contribution in [0.4, 0.5) is 0 Å². The van der Waals surface area contributed by atoms with Gasteiger partial charge < -0.3 is 4.74 Å². The second-order valence-corrected chi connectivity index (χ2v) is 4.46. The van der Waals surface area contributed by atoms with Gasteiger partial charge in [-0.1, -0.05) is 35.3 Å². The minimum absolute atomic E-state index is 0.448. The van der Waals surface area contributed by atoms with Gasteiger partial charge in [-0.05, 0) is 29.8 Å². The van der Waals surface area contributed by atoms with E-state index < -0.39 is 0 Å². The van der Waals surface area contributed by atoms with Crippen molar-refractivity contribution in [1.29, 1.82) is 0 Å². The van der Waals surface area contributed by atoms with Crippen LogP contribution in [-0.4, -0.2) is 4.98 Å². The molecule has 0 saturated carbocycles. The van der Waals surface area contributed by atoms with Crippen LogP contribution in [0.1, 0.15) is 11.3 Å². The van der Waals surface area contributed by atoms with Crippen molar-refractivity contribution in [3.8, 4) is 0 Å². The van der Waals surface area contributed by atoms with Gasteiger partial charge in [0.15, 0.2) is 0 Å². The lowest BCUT2D eigenvalue weighted by Crippen LogP contribution is -1.96. The first kappa shape index (κ1) is 12.4. The first-order valence-electron chi connectivity index (χ1n) is 5.16. The van der Waals surface area contributed by atoms with E-state index in [2.05, 4.69) is 4.98 Å². The van der Waals surface area contributed by atoms with Crippen molar-refractivity contribution < 1.29 is 4.74 Å². The number of rotatable bonds is 4. The van der Waals surface area contributed by atoms with E-state index in [0.717, 1.165) is 16.3 Å². The molecule has 0 radical (unpaired) electrons. The Balaban J connectivity index is 1.85. The molecular weight excluding hydrogens is 257 g/mol. The van der Waals surface area contributed by atoms with Crippen molar-refractivity contribution in [2.24, 2.45) is 0 Å². The molecule has 0 bridgehead atoms. The molecular formula is C13H11Cl2NO. The second-order valence-electron chi connectivity index (χ2n) is 3.58. The summed E-state index contributed by atoms with van der Waals surface area (Å²) in [4.78, 5) is 4.15. The number of aromatic nitrogens is 1. The van der Waals surface area contributed by atoms with E-state index in [0.29, 0.717) is 18.2 Å². The molecule has 1 aromatic heterocycles. The fourth-order valence-electron chi connectivity index (χ4n) is 1.38.